The van der Waals surface area contributed by atoms with Crippen LogP contribution in [0.25, 0.3) is 55.6 Å². The number of hydrogen-bond donors (Lipinski definition) is 0. The minimum absolute atomic E-state index is 0.339. The van der Waals surface area contributed by atoms with E-state index in [0.29, 0.717) is 0 Å². The average molecular weight is 545 g/mol. The van der Waals surface area contributed by atoms with Gasteiger partial charge in [-0.25, -0.2) is 0 Å². The Labute approximate surface area is 252 Å². The lowest BCUT2D eigenvalue weighted by Gasteiger charge is -2.30. The first kappa shape index (κ1) is 24.2. The molecular weight excluding hydrogens is 516 g/mol. The maximum Gasteiger partial charge on any atom is 0.0725 e. The zero-order chi connectivity index (χ0) is 28.4. The lowest BCUT2D eigenvalue weighted by molar-refractivity contribution is 0.794. The molecule has 2 aliphatic carbocycles. The summed E-state index contributed by atoms with van der Waals surface area (Å²) in [5, 5.41) is 0. The van der Waals surface area contributed by atoms with E-state index in [2.05, 4.69) is 170 Å². The van der Waals surface area contributed by atoms with E-state index in [1.807, 2.05) is 0 Å². The Hall–Kier alpha value is -5.46. The summed E-state index contributed by atoms with van der Waals surface area (Å²) < 4.78 is 0. The van der Waals surface area contributed by atoms with Crippen LogP contribution in [-0.2, 0) is 5.41 Å². The Bertz CT molecular complexity index is 2050. The van der Waals surface area contributed by atoms with Crippen molar-refractivity contribution < 1.29 is 0 Å². The summed E-state index contributed by atoms with van der Waals surface area (Å²) >= 11 is 0. The van der Waals surface area contributed by atoms with Crippen LogP contribution in [0.2, 0.25) is 0 Å². The van der Waals surface area contributed by atoms with Crippen LogP contribution in [0.5, 0.6) is 0 Å². The van der Waals surface area contributed by atoms with Crippen molar-refractivity contribution in [2.24, 2.45) is 0 Å². The van der Waals surface area contributed by atoms with Crippen molar-refractivity contribution in [1.82, 2.24) is 0 Å². The van der Waals surface area contributed by atoms with Gasteiger partial charge in [0, 0.05) is 0 Å². The molecule has 0 nitrogen and oxygen atoms in total. The van der Waals surface area contributed by atoms with Crippen LogP contribution in [0, 0.1) is 0 Å². The van der Waals surface area contributed by atoms with Crippen LogP contribution >= 0.6 is 0 Å². The first-order valence-corrected chi connectivity index (χ1v) is 15.0. The molecule has 0 heterocycles. The van der Waals surface area contributed by atoms with Gasteiger partial charge >= 0.3 is 0 Å². The highest BCUT2D eigenvalue weighted by Gasteiger charge is 2.51. The zero-order valence-corrected chi connectivity index (χ0v) is 23.7. The van der Waals surface area contributed by atoms with E-state index >= 15 is 0 Å². The van der Waals surface area contributed by atoms with Crippen LogP contribution in [0.15, 0.2) is 170 Å². The Kier molecular flexibility index (Phi) is 5.21. The fourth-order valence-corrected chi connectivity index (χ4v) is 7.66. The summed E-state index contributed by atoms with van der Waals surface area (Å²) in [6.07, 6.45) is 0. The normalized spacial score (nSPS) is 13.3. The maximum absolute atomic E-state index is 2.48. The fraction of sp³-hybridized carbons (Fsp3) is 0.0233. The Morgan fingerprint density at radius 1 is 0.233 bits per heavy atom. The van der Waals surface area contributed by atoms with E-state index in [4.69, 9.17) is 0 Å². The summed E-state index contributed by atoms with van der Waals surface area (Å²) in [5.41, 5.74) is 17.9. The second kappa shape index (κ2) is 9.28. The van der Waals surface area contributed by atoms with Gasteiger partial charge in [0.15, 0.2) is 0 Å². The van der Waals surface area contributed by atoms with Crippen molar-refractivity contribution in [3.8, 4) is 55.6 Å². The largest absolute Gasteiger partial charge is 0.0725 e. The van der Waals surface area contributed by atoms with Crippen molar-refractivity contribution in [3.05, 3.63) is 192 Å². The monoisotopic (exact) mass is 544 g/mol. The summed E-state index contributed by atoms with van der Waals surface area (Å²) in [5.74, 6) is 0. The van der Waals surface area contributed by atoms with Crippen LogP contribution in [-0.4, -0.2) is 0 Å². The fourth-order valence-electron chi connectivity index (χ4n) is 7.66. The minimum Gasteiger partial charge on any atom is -0.0622 e. The van der Waals surface area contributed by atoms with Crippen molar-refractivity contribution in [2.75, 3.05) is 0 Å². The molecule has 2 aliphatic rings. The number of fused-ring (bicyclic) bond motifs is 10. The molecule has 200 valence electrons. The SMILES string of the molecule is c1ccc(-c2cc(-c3ccccc3)cc(-c3ccc4c(c3)C3(c5ccccc5-c5ccccc53)c3ccccc3-4)c2)cc1. The molecule has 0 atom stereocenters. The molecule has 7 aromatic carbocycles. The van der Waals surface area contributed by atoms with Crippen LogP contribution in [0.1, 0.15) is 22.3 Å². The predicted molar refractivity (Wildman–Crippen MR) is 179 cm³/mol. The van der Waals surface area contributed by atoms with E-state index in [1.165, 1.54) is 77.9 Å². The number of rotatable bonds is 3. The molecule has 0 N–H and O–H groups in total. The smallest absolute Gasteiger partial charge is 0.0622 e. The van der Waals surface area contributed by atoms with Gasteiger partial charge in [-0.2, -0.15) is 0 Å². The summed E-state index contributed by atoms with van der Waals surface area (Å²) in [7, 11) is 0. The van der Waals surface area contributed by atoms with Gasteiger partial charge in [-0.05, 0) is 102 Å². The second-order valence-electron chi connectivity index (χ2n) is 11.7. The predicted octanol–water partition coefficient (Wildman–Crippen LogP) is 11.0. The van der Waals surface area contributed by atoms with Gasteiger partial charge in [0.1, 0.15) is 0 Å². The highest BCUT2D eigenvalue weighted by atomic mass is 14.5. The summed E-state index contributed by atoms with van der Waals surface area (Å²) in [6, 6.07) is 62.7. The lowest BCUT2D eigenvalue weighted by Crippen LogP contribution is -2.25. The van der Waals surface area contributed by atoms with Gasteiger partial charge in [-0.1, -0.05) is 146 Å². The molecule has 7 aromatic rings. The molecule has 9 rings (SSSR count). The van der Waals surface area contributed by atoms with Gasteiger partial charge in [-0.3, -0.25) is 0 Å². The number of benzene rings is 7. The van der Waals surface area contributed by atoms with Crippen molar-refractivity contribution in [1.29, 1.82) is 0 Å². The molecule has 0 aromatic heterocycles. The van der Waals surface area contributed by atoms with Gasteiger partial charge in [-0.15, -0.1) is 0 Å². The molecule has 0 fully saturated rings. The standard InChI is InChI=1S/C43H28/c1-3-13-29(14-4-1)32-25-33(30-15-5-2-6-16-30)27-34(26-32)31-23-24-38-37-19-9-12-22-41(37)43(42(38)28-31)39-20-10-7-17-35(39)36-18-8-11-21-40(36)43/h1-28H. The molecule has 0 unspecified atom stereocenters. The molecule has 0 aliphatic heterocycles. The molecular formula is C43H28. The van der Waals surface area contributed by atoms with Gasteiger partial charge in [0.05, 0.1) is 5.41 Å². The molecule has 43 heavy (non-hydrogen) atoms. The topological polar surface area (TPSA) is 0 Å². The van der Waals surface area contributed by atoms with Crippen molar-refractivity contribution in [3.63, 3.8) is 0 Å². The van der Waals surface area contributed by atoms with Crippen LogP contribution < -0.4 is 0 Å². The first-order chi connectivity index (χ1) is 21.3. The highest BCUT2D eigenvalue weighted by Crippen LogP contribution is 2.63. The molecule has 0 amide bonds. The van der Waals surface area contributed by atoms with Crippen LogP contribution in [0.4, 0.5) is 0 Å². The Morgan fingerprint density at radius 2 is 0.605 bits per heavy atom. The van der Waals surface area contributed by atoms with Crippen molar-refractivity contribution in [2.45, 2.75) is 5.41 Å². The molecule has 0 radical (unpaired) electrons. The third-order valence-electron chi connectivity index (χ3n) is 9.48. The molecule has 0 saturated carbocycles. The van der Waals surface area contributed by atoms with E-state index in [-0.39, 0.29) is 5.41 Å². The second-order valence-corrected chi connectivity index (χ2v) is 11.7. The molecule has 0 heteroatoms. The Morgan fingerprint density at radius 3 is 1.07 bits per heavy atom. The van der Waals surface area contributed by atoms with Gasteiger partial charge < -0.3 is 0 Å². The highest BCUT2D eigenvalue weighted by molar-refractivity contribution is 5.96. The van der Waals surface area contributed by atoms with E-state index in [9.17, 15) is 0 Å². The number of hydrogen-bond acceptors (Lipinski definition) is 0. The third kappa shape index (κ3) is 3.44. The van der Waals surface area contributed by atoms with E-state index in [0.717, 1.165) is 0 Å². The van der Waals surface area contributed by atoms with Gasteiger partial charge in [0.25, 0.3) is 0 Å². The maximum atomic E-state index is 2.48. The van der Waals surface area contributed by atoms with E-state index in [1.54, 1.807) is 0 Å². The van der Waals surface area contributed by atoms with E-state index < -0.39 is 0 Å². The molecule has 0 saturated heterocycles. The molecule has 0 bridgehead atoms. The van der Waals surface area contributed by atoms with Gasteiger partial charge in [0.2, 0.25) is 0 Å². The first-order valence-electron chi connectivity index (χ1n) is 15.0. The average Bonchev–Trinajstić information content (AvgIpc) is 3.56. The Balaban J connectivity index is 1.32. The van der Waals surface area contributed by atoms with Crippen LogP contribution in [0.3, 0.4) is 0 Å². The minimum atomic E-state index is -0.339. The lowest BCUT2D eigenvalue weighted by atomic mass is 9.70. The summed E-state index contributed by atoms with van der Waals surface area (Å²) in [6.45, 7) is 0. The zero-order valence-electron chi connectivity index (χ0n) is 23.7. The third-order valence-corrected chi connectivity index (χ3v) is 9.48. The summed E-state index contributed by atoms with van der Waals surface area (Å²) in [4.78, 5) is 0. The molecule has 1 spiro atoms. The van der Waals surface area contributed by atoms with Crippen molar-refractivity contribution >= 4 is 0 Å². The quantitative estimate of drug-likeness (QED) is 0.207.